The molecule has 0 N–H and O–H groups in total. The zero-order chi connectivity index (χ0) is 47.3. The SMILES string of the molecule is c1ccc2cc(N(c3ccc(-c4nc5ccccc5s4)cc3)c3ccc4c(c3)oc3cc5c(cc34)oc3cc(N(c4ccc(-c6nc7ccccc7s6)cc4)c4ccc6ccccc6c4)ccc35)ccc2c1. The number of aromatic nitrogens is 2. The van der Waals surface area contributed by atoms with Gasteiger partial charge in [-0.15, -0.1) is 22.7 Å². The second kappa shape index (κ2) is 16.2. The van der Waals surface area contributed by atoms with Gasteiger partial charge in [0, 0.05) is 78.9 Å². The highest BCUT2D eigenvalue weighted by Crippen LogP contribution is 2.45. The van der Waals surface area contributed by atoms with Crippen LogP contribution in [0.25, 0.3) is 107 Å². The van der Waals surface area contributed by atoms with Gasteiger partial charge < -0.3 is 18.6 Å². The average Bonchev–Trinajstić information content (AvgIpc) is 4.23. The summed E-state index contributed by atoms with van der Waals surface area (Å²) in [4.78, 5) is 14.5. The zero-order valence-corrected chi connectivity index (χ0v) is 40.0. The molecule has 0 atom stereocenters. The fourth-order valence-corrected chi connectivity index (χ4v) is 12.3. The molecule has 338 valence electrons. The van der Waals surface area contributed by atoms with Gasteiger partial charge in [0.15, 0.2) is 0 Å². The van der Waals surface area contributed by atoms with Crippen LogP contribution in [0.3, 0.4) is 0 Å². The number of hydrogen-bond donors (Lipinski definition) is 0. The van der Waals surface area contributed by atoms with E-state index >= 15 is 0 Å². The molecule has 6 nitrogen and oxygen atoms in total. The molecule has 0 aliphatic carbocycles. The Morgan fingerprint density at radius 2 is 0.653 bits per heavy atom. The molecule has 4 heterocycles. The molecule has 15 rings (SSSR count). The van der Waals surface area contributed by atoms with Crippen LogP contribution in [0, 0.1) is 0 Å². The van der Waals surface area contributed by atoms with Crippen molar-refractivity contribution in [1.29, 1.82) is 0 Å². The smallest absolute Gasteiger partial charge is 0.137 e. The number of hydrogen-bond acceptors (Lipinski definition) is 8. The molecule has 15 aromatic rings. The zero-order valence-electron chi connectivity index (χ0n) is 38.4. The summed E-state index contributed by atoms with van der Waals surface area (Å²) in [6.07, 6.45) is 0. The summed E-state index contributed by atoms with van der Waals surface area (Å²) < 4.78 is 16.0. The summed E-state index contributed by atoms with van der Waals surface area (Å²) in [6, 6.07) is 81.7. The second-order valence-electron chi connectivity index (χ2n) is 18.2. The first-order valence-corrected chi connectivity index (χ1v) is 25.6. The molecular weight excluding hydrogens is 921 g/mol. The fourth-order valence-electron chi connectivity index (χ4n) is 10.3. The number of thiazole rings is 2. The van der Waals surface area contributed by atoms with Crippen molar-refractivity contribution >= 4 is 143 Å². The highest BCUT2D eigenvalue weighted by atomic mass is 32.1. The van der Waals surface area contributed by atoms with Crippen molar-refractivity contribution in [2.24, 2.45) is 0 Å². The summed E-state index contributed by atoms with van der Waals surface area (Å²) in [5.41, 5.74) is 13.6. The van der Waals surface area contributed by atoms with Crippen LogP contribution >= 0.6 is 22.7 Å². The Morgan fingerprint density at radius 1 is 0.292 bits per heavy atom. The fraction of sp³-hybridized carbons (Fsp3) is 0. The molecule has 0 radical (unpaired) electrons. The molecule has 0 amide bonds. The van der Waals surface area contributed by atoms with E-state index in [-0.39, 0.29) is 0 Å². The van der Waals surface area contributed by atoms with Crippen LogP contribution in [0.4, 0.5) is 34.1 Å². The first kappa shape index (κ1) is 40.8. The summed E-state index contributed by atoms with van der Waals surface area (Å²) in [7, 11) is 0. The molecule has 0 unspecified atom stereocenters. The Balaban J connectivity index is 0.806. The minimum atomic E-state index is 0.804. The van der Waals surface area contributed by atoms with Crippen molar-refractivity contribution in [1.82, 2.24) is 9.97 Å². The van der Waals surface area contributed by atoms with Crippen LogP contribution in [-0.2, 0) is 0 Å². The summed E-state index contributed by atoms with van der Waals surface area (Å²) in [5.74, 6) is 0. The number of rotatable bonds is 8. The van der Waals surface area contributed by atoms with Gasteiger partial charge in [0.1, 0.15) is 32.3 Å². The van der Waals surface area contributed by atoms with E-state index in [1.165, 1.54) is 30.9 Å². The monoisotopic (exact) mass is 958 g/mol. The molecule has 4 aromatic heterocycles. The lowest BCUT2D eigenvalue weighted by Gasteiger charge is -2.26. The van der Waals surface area contributed by atoms with Crippen LogP contribution in [0.5, 0.6) is 0 Å². The second-order valence-corrected chi connectivity index (χ2v) is 20.3. The highest BCUT2D eigenvalue weighted by molar-refractivity contribution is 7.22. The van der Waals surface area contributed by atoms with Crippen molar-refractivity contribution in [2.75, 3.05) is 9.80 Å². The molecule has 0 spiro atoms. The molecule has 0 bridgehead atoms. The van der Waals surface area contributed by atoms with Gasteiger partial charge in [-0.1, -0.05) is 84.9 Å². The standard InChI is InChI=1S/C64H38N4O2S2/c1-3-11-43-33-47(27-17-39(43)9-1)67(45-23-19-41(20-24-45)63-65-55-13-5-7-15-61(55)71-63)49-29-31-51-53-37-60-54(38-59(53)69-57(51)35-49)52-32-30-50(36-58(52)70-60)68(48-28-18-40-10-2-4-12-44(40)34-48)46-25-21-42(22-26-46)64-66-56-14-6-8-16-62(56)72-64/h1-38H. The summed E-state index contributed by atoms with van der Waals surface area (Å²) in [5, 5.41) is 10.8. The van der Waals surface area contributed by atoms with E-state index in [1.807, 2.05) is 12.1 Å². The average molecular weight is 959 g/mol. The molecule has 0 aliphatic rings. The Labute approximate surface area is 420 Å². The number of benzene rings is 11. The van der Waals surface area contributed by atoms with E-state index in [2.05, 4.69) is 228 Å². The minimum Gasteiger partial charge on any atom is -0.456 e. The number of nitrogens with zero attached hydrogens (tertiary/aromatic N) is 4. The van der Waals surface area contributed by atoms with E-state index in [0.29, 0.717) is 0 Å². The molecule has 0 fully saturated rings. The molecular formula is C64H38N4O2S2. The van der Waals surface area contributed by atoms with Crippen LogP contribution in [0.2, 0.25) is 0 Å². The highest BCUT2D eigenvalue weighted by Gasteiger charge is 2.21. The van der Waals surface area contributed by atoms with Crippen LogP contribution in [0.15, 0.2) is 239 Å². The maximum atomic E-state index is 6.80. The van der Waals surface area contributed by atoms with Crippen molar-refractivity contribution < 1.29 is 8.83 Å². The predicted octanol–water partition coefficient (Wildman–Crippen LogP) is 19.3. The van der Waals surface area contributed by atoms with Crippen LogP contribution in [0.1, 0.15) is 0 Å². The predicted molar refractivity (Wildman–Crippen MR) is 303 cm³/mol. The van der Waals surface area contributed by atoms with E-state index in [9.17, 15) is 0 Å². The third-order valence-corrected chi connectivity index (χ3v) is 16.0. The van der Waals surface area contributed by atoms with Gasteiger partial charge in [0.05, 0.1) is 20.4 Å². The van der Waals surface area contributed by atoms with Crippen molar-refractivity contribution in [3.8, 4) is 21.1 Å². The van der Waals surface area contributed by atoms with Gasteiger partial charge in [0.25, 0.3) is 0 Å². The van der Waals surface area contributed by atoms with Gasteiger partial charge in [-0.3, -0.25) is 0 Å². The van der Waals surface area contributed by atoms with E-state index < -0.39 is 0 Å². The topological polar surface area (TPSA) is 58.5 Å². The van der Waals surface area contributed by atoms with E-state index in [0.717, 1.165) is 110 Å². The maximum absolute atomic E-state index is 6.80. The van der Waals surface area contributed by atoms with Crippen molar-refractivity contribution in [3.05, 3.63) is 231 Å². The largest absolute Gasteiger partial charge is 0.456 e. The van der Waals surface area contributed by atoms with Crippen LogP contribution < -0.4 is 9.80 Å². The lowest BCUT2D eigenvalue weighted by atomic mass is 10.1. The number of anilines is 6. The number of fused-ring (bicyclic) bond motifs is 10. The normalized spacial score (nSPS) is 11.9. The molecule has 0 saturated heterocycles. The lowest BCUT2D eigenvalue weighted by molar-refractivity contribution is 0.664. The number of furan rings is 2. The molecule has 0 aliphatic heterocycles. The Kier molecular flexibility index (Phi) is 9.20. The van der Waals surface area contributed by atoms with Gasteiger partial charge in [-0.25, -0.2) is 9.97 Å². The van der Waals surface area contributed by atoms with Crippen LogP contribution in [-0.4, -0.2) is 9.97 Å². The van der Waals surface area contributed by atoms with Gasteiger partial charge in [0.2, 0.25) is 0 Å². The van der Waals surface area contributed by atoms with Crippen molar-refractivity contribution in [3.63, 3.8) is 0 Å². The van der Waals surface area contributed by atoms with Crippen molar-refractivity contribution in [2.45, 2.75) is 0 Å². The third kappa shape index (κ3) is 6.83. The van der Waals surface area contributed by atoms with Gasteiger partial charge in [-0.05, 0) is 155 Å². The Hall–Kier alpha value is -9.08. The Morgan fingerprint density at radius 3 is 1.10 bits per heavy atom. The first-order valence-electron chi connectivity index (χ1n) is 23.9. The summed E-state index contributed by atoms with van der Waals surface area (Å²) in [6.45, 7) is 0. The van der Waals surface area contributed by atoms with Gasteiger partial charge in [-0.2, -0.15) is 0 Å². The minimum absolute atomic E-state index is 0.804. The molecule has 8 heteroatoms. The van der Waals surface area contributed by atoms with E-state index in [1.54, 1.807) is 22.7 Å². The number of para-hydroxylation sites is 2. The van der Waals surface area contributed by atoms with Gasteiger partial charge >= 0.3 is 0 Å². The quantitative estimate of drug-likeness (QED) is 0.151. The Bertz CT molecular complexity index is 4240. The maximum Gasteiger partial charge on any atom is 0.137 e. The molecule has 11 aromatic carbocycles. The molecule has 72 heavy (non-hydrogen) atoms. The molecule has 0 saturated carbocycles. The van der Waals surface area contributed by atoms with E-state index in [4.69, 9.17) is 18.8 Å². The third-order valence-electron chi connectivity index (χ3n) is 13.9. The summed E-state index contributed by atoms with van der Waals surface area (Å²) >= 11 is 3.43. The lowest BCUT2D eigenvalue weighted by Crippen LogP contribution is -2.09. The first-order chi connectivity index (χ1) is 35.6.